The van der Waals surface area contributed by atoms with Crippen molar-refractivity contribution in [3.05, 3.63) is 89.2 Å². The van der Waals surface area contributed by atoms with Gasteiger partial charge in [-0.1, -0.05) is 24.3 Å². The monoisotopic (exact) mass is 763 g/mol. The van der Waals surface area contributed by atoms with Crippen molar-refractivity contribution in [2.75, 3.05) is 38.7 Å². The molecule has 53 heavy (non-hydrogen) atoms. The molecule has 4 N–H and O–H groups in total. The molecule has 0 saturated carbocycles. The second kappa shape index (κ2) is 18.0. The molecule has 1 saturated heterocycles. The molecule has 1 aliphatic rings. The highest BCUT2D eigenvalue weighted by atomic mass is 19.4. The van der Waals surface area contributed by atoms with Gasteiger partial charge in [-0.25, -0.2) is 18.4 Å². The minimum Gasteiger partial charge on any atom is -0.453 e. The number of rotatable bonds is 13. The molecule has 0 spiro atoms. The van der Waals surface area contributed by atoms with Gasteiger partial charge >= 0.3 is 24.7 Å². The van der Waals surface area contributed by atoms with Crippen LogP contribution in [0.3, 0.4) is 0 Å². The van der Waals surface area contributed by atoms with E-state index in [4.69, 9.17) is 14.2 Å². The highest BCUT2D eigenvalue weighted by Gasteiger charge is 2.35. The van der Waals surface area contributed by atoms with Crippen LogP contribution in [0.15, 0.2) is 60.9 Å². The van der Waals surface area contributed by atoms with E-state index < -0.39 is 78.7 Å². The number of methoxy groups -OCH3 is 1. The molecule has 1 aromatic heterocycles. The lowest BCUT2D eigenvalue weighted by Gasteiger charge is -2.30. The normalized spacial score (nSPS) is 17.2. The summed E-state index contributed by atoms with van der Waals surface area (Å²) in [5.74, 6) is -4.08. The molecule has 0 aliphatic carbocycles. The summed E-state index contributed by atoms with van der Waals surface area (Å²) in [5.41, 5.74) is 0.386. The minimum absolute atomic E-state index is 0.00547. The molecule has 0 radical (unpaired) electrons. The maximum Gasteiger partial charge on any atom is 0.573 e. The average Bonchev–Trinajstić information content (AvgIpc) is 3.10. The fraction of sp³-hybridized carbons (Fsp3) is 0.394. The second-order valence-electron chi connectivity index (χ2n) is 11.6. The van der Waals surface area contributed by atoms with Gasteiger partial charge in [0.05, 0.1) is 43.9 Å². The third kappa shape index (κ3) is 12.7. The van der Waals surface area contributed by atoms with Crippen molar-refractivity contribution in [3.63, 3.8) is 0 Å². The molecule has 0 bridgehead atoms. The number of carbonyl (C=O) groups is 3. The van der Waals surface area contributed by atoms with Crippen LogP contribution in [-0.2, 0) is 25.4 Å². The summed E-state index contributed by atoms with van der Waals surface area (Å²) < 4.78 is 123. The first-order chi connectivity index (χ1) is 25.0. The summed E-state index contributed by atoms with van der Waals surface area (Å²) in [6, 6.07) is 7.12. The lowest BCUT2D eigenvalue weighted by Crippen LogP contribution is -2.49. The lowest BCUT2D eigenvalue weighted by molar-refractivity contribution is -0.274. The Morgan fingerprint density at radius 2 is 1.62 bits per heavy atom. The average molecular weight is 764 g/mol. The SMILES string of the molecule is COC(=O)N[C@H](C(=O)Nc1cncc(F)c1CC[C@@H]1CN[C@H](COC(=O)NCC(F)(F)F)CO1)[C@H](c1ccc(F)cc1)c1ccc(OC(F)(F)F)cc1. The van der Waals surface area contributed by atoms with Crippen molar-refractivity contribution < 1.29 is 68.5 Å². The summed E-state index contributed by atoms with van der Waals surface area (Å²) in [6.07, 6.45) is -10.1. The molecule has 4 atom stereocenters. The van der Waals surface area contributed by atoms with Crippen LogP contribution in [0.1, 0.15) is 29.0 Å². The predicted octanol–water partition coefficient (Wildman–Crippen LogP) is 5.33. The first-order valence-corrected chi connectivity index (χ1v) is 15.7. The van der Waals surface area contributed by atoms with Crippen LogP contribution in [-0.4, -0.2) is 87.2 Å². The number of halogens is 8. The number of nitrogens with one attached hydrogen (secondary N) is 4. The van der Waals surface area contributed by atoms with Gasteiger partial charge in [0.25, 0.3) is 0 Å². The van der Waals surface area contributed by atoms with Crippen molar-refractivity contribution in [2.24, 2.45) is 0 Å². The minimum atomic E-state index is -4.98. The maximum absolute atomic E-state index is 15.2. The van der Waals surface area contributed by atoms with Crippen molar-refractivity contribution in [1.82, 2.24) is 20.9 Å². The van der Waals surface area contributed by atoms with Gasteiger partial charge < -0.3 is 40.2 Å². The summed E-state index contributed by atoms with van der Waals surface area (Å²) in [6.45, 7) is -1.62. The van der Waals surface area contributed by atoms with Gasteiger partial charge in [0.15, 0.2) is 0 Å². The summed E-state index contributed by atoms with van der Waals surface area (Å²) in [4.78, 5) is 41.8. The number of amides is 3. The molecule has 4 rings (SSSR count). The van der Waals surface area contributed by atoms with Gasteiger partial charge in [0.1, 0.15) is 36.6 Å². The molecule has 3 amide bonds. The summed E-state index contributed by atoms with van der Waals surface area (Å²) in [5, 5.41) is 9.56. The molecule has 2 aromatic carbocycles. The van der Waals surface area contributed by atoms with Gasteiger partial charge in [-0.05, 0) is 48.2 Å². The van der Waals surface area contributed by atoms with Crippen LogP contribution in [0.2, 0.25) is 0 Å². The maximum atomic E-state index is 15.2. The standard InChI is InChI=1S/C33H33F8N5O7/c1-50-31(49)46-28(27(18-2-6-20(34)7-3-18)19-4-8-22(9-5-19)53-33(39,40)41)29(47)45-26-14-42-13-25(35)24(26)11-10-23-12-43-21(15-51-23)16-52-30(48)44-17-32(36,37)38/h2-9,13-14,21,23,27-28,43H,10-12,15-17H2,1H3,(H,44,48)(H,45,47)(H,46,49)/t21-,23+,27+,28-/m0/s1. The molecule has 1 fully saturated rings. The largest absolute Gasteiger partial charge is 0.573 e. The zero-order valence-corrected chi connectivity index (χ0v) is 27.7. The summed E-state index contributed by atoms with van der Waals surface area (Å²) in [7, 11) is 1.03. The molecule has 1 aliphatic heterocycles. The van der Waals surface area contributed by atoms with Crippen molar-refractivity contribution in [2.45, 2.75) is 49.5 Å². The first kappa shape index (κ1) is 40.5. The fourth-order valence-electron chi connectivity index (χ4n) is 5.31. The molecule has 3 aromatic rings. The first-order valence-electron chi connectivity index (χ1n) is 15.7. The quantitative estimate of drug-likeness (QED) is 0.170. The fourth-order valence-corrected chi connectivity index (χ4v) is 5.31. The van der Waals surface area contributed by atoms with E-state index in [1.165, 1.54) is 30.5 Å². The number of alkyl halides is 6. The third-order valence-electron chi connectivity index (χ3n) is 7.77. The molecule has 288 valence electrons. The van der Waals surface area contributed by atoms with Crippen LogP contribution in [0.4, 0.5) is 50.4 Å². The van der Waals surface area contributed by atoms with Crippen LogP contribution in [0.5, 0.6) is 5.75 Å². The number of hydrogen-bond donors (Lipinski definition) is 4. The Labute approximate surface area is 296 Å². The van der Waals surface area contributed by atoms with Gasteiger partial charge in [-0.15, -0.1) is 13.2 Å². The summed E-state index contributed by atoms with van der Waals surface area (Å²) >= 11 is 0. The van der Waals surface area contributed by atoms with E-state index in [-0.39, 0.29) is 55.0 Å². The van der Waals surface area contributed by atoms with Crippen molar-refractivity contribution >= 4 is 23.8 Å². The van der Waals surface area contributed by atoms with Crippen LogP contribution < -0.4 is 26.0 Å². The van der Waals surface area contributed by atoms with Gasteiger partial charge in [0, 0.05) is 18.0 Å². The second-order valence-corrected chi connectivity index (χ2v) is 11.6. The Morgan fingerprint density at radius 3 is 2.21 bits per heavy atom. The van der Waals surface area contributed by atoms with Crippen molar-refractivity contribution in [3.8, 4) is 5.75 Å². The Morgan fingerprint density at radius 1 is 0.962 bits per heavy atom. The number of anilines is 1. The van der Waals surface area contributed by atoms with E-state index in [1.54, 1.807) is 5.32 Å². The lowest BCUT2D eigenvalue weighted by atomic mass is 9.84. The zero-order valence-electron chi connectivity index (χ0n) is 27.7. The molecule has 12 nitrogen and oxygen atoms in total. The topological polar surface area (TPSA) is 149 Å². The molecule has 0 unspecified atom stereocenters. The number of pyridine rings is 1. The molecular formula is C33H33F8N5O7. The Bertz CT molecular complexity index is 1690. The molecule has 20 heteroatoms. The van der Waals surface area contributed by atoms with Gasteiger partial charge in [0.2, 0.25) is 5.91 Å². The van der Waals surface area contributed by atoms with Gasteiger partial charge in [-0.3, -0.25) is 9.78 Å². The predicted molar refractivity (Wildman–Crippen MR) is 169 cm³/mol. The number of nitrogens with zero attached hydrogens (tertiary/aromatic N) is 1. The number of hydrogen-bond acceptors (Lipinski definition) is 9. The Hall–Kier alpha value is -5.24. The van der Waals surface area contributed by atoms with Crippen LogP contribution in [0, 0.1) is 11.6 Å². The number of morpholine rings is 1. The smallest absolute Gasteiger partial charge is 0.453 e. The number of alkyl carbamates (subject to hydrolysis) is 2. The van der Waals surface area contributed by atoms with E-state index >= 15 is 4.39 Å². The molecular weight excluding hydrogens is 730 g/mol. The van der Waals surface area contributed by atoms with E-state index in [1.807, 2.05) is 0 Å². The van der Waals surface area contributed by atoms with Gasteiger partial charge in [-0.2, -0.15) is 13.2 Å². The molecule has 2 heterocycles. The van der Waals surface area contributed by atoms with Crippen LogP contribution >= 0.6 is 0 Å². The third-order valence-corrected chi connectivity index (χ3v) is 7.77. The number of aromatic nitrogens is 1. The highest BCUT2D eigenvalue weighted by molar-refractivity contribution is 5.98. The van der Waals surface area contributed by atoms with Crippen molar-refractivity contribution in [1.29, 1.82) is 0 Å². The zero-order chi connectivity index (χ0) is 38.8. The Kier molecular flexibility index (Phi) is 13.8. The number of carbonyl (C=O) groups excluding carboxylic acids is 3. The van der Waals surface area contributed by atoms with E-state index in [2.05, 4.69) is 25.7 Å². The highest BCUT2D eigenvalue weighted by Crippen LogP contribution is 2.33. The van der Waals surface area contributed by atoms with E-state index in [0.717, 1.165) is 37.6 Å². The van der Waals surface area contributed by atoms with E-state index in [0.29, 0.717) is 0 Å². The van der Waals surface area contributed by atoms with Crippen LogP contribution in [0.25, 0.3) is 0 Å². The number of ether oxygens (including phenoxy) is 4. The van der Waals surface area contributed by atoms with E-state index in [9.17, 15) is 45.1 Å². The number of benzene rings is 2. The Balaban J connectivity index is 1.48.